The minimum absolute atomic E-state index is 0.0760. The summed E-state index contributed by atoms with van der Waals surface area (Å²) in [4.78, 5) is 20.7. The van der Waals surface area contributed by atoms with Crippen LogP contribution in [0.4, 0.5) is 0 Å². The summed E-state index contributed by atoms with van der Waals surface area (Å²) in [5.74, 6) is 0.957. The van der Waals surface area contributed by atoms with Crippen LogP contribution in [-0.4, -0.2) is 47.4 Å². The monoisotopic (exact) mass is 331 g/mol. The number of nitrogens with zero attached hydrogens (tertiary/aromatic N) is 3. The highest BCUT2D eigenvalue weighted by atomic mass is 32.1. The summed E-state index contributed by atoms with van der Waals surface area (Å²) in [5, 5.41) is 3.12. The van der Waals surface area contributed by atoms with Crippen LogP contribution >= 0.6 is 11.3 Å². The standard InChI is InChI=1S/C17H21N3O2S/c1-13(21)20-9-8-19(12-17-18-7-10-23-17)11-16(20)14-3-5-15(22-2)6-4-14/h3-7,10,16H,8-9,11-12H2,1-2H3. The molecule has 0 bridgehead atoms. The Morgan fingerprint density at radius 2 is 2.13 bits per heavy atom. The molecule has 0 aliphatic carbocycles. The minimum atomic E-state index is 0.0760. The summed E-state index contributed by atoms with van der Waals surface area (Å²) in [6, 6.07) is 8.08. The molecule has 0 saturated carbocycles. The number of amides is 1. The van der Waals surface area contributed by atoms with Crippen LogP contribution in [0.5, 0.6) is 5.75 Å². The molecule has 0 spiro atoms. The number of methoxy groups -OCH3 is 1. The second kappa shape index (κ2) is 7.10. The van der Waals surface area contributed by atoms with Gasteiger partial charge in [-0.3, -0.25) is 9.69 Å². The van der Waals surface area contributed by atoms with Crippen molar-refractivity contribution < 1.29 is 9.53 Å². The lowest BCUT2D eigenvalue weighted by atomic mass is 10.0. The van der Waals surface area contributed by atoms with Crippen molar-refractivity contribution in [1.82, 2.24) is 14.8 Å². The molecule has 1 aliphatic heterocycles. The van der Waals surface area contributed by atoms with E-state index in [1.807, 2.05) is 40.7 Å². The van der Waals surface area contributed by atoms with Gasteiger partial charge in [-0.05, 0) is 17.7 Å². The van der Waals surface area contributed by atoms with E-state index < -0.39 is 0 Å². The van der Waals surface area contributed by atoms with Gasteiger partial charge in [0, 0.05) is 38.1 Å². The Hall–Kier alpha value is -1.92. The number of carbonyl (C=O) groups is 1. The van der Waals surface area contributed by atoms with Crippen LogP contribution < -0.4 is 4.74 Å². The van der Waals surface area contributed by atoms with Gasteiger partial charge in [-0.2, -0.15) is 0 Å². The largest absolute Gasteiger partial charge is 0.497 e. The van der Waals surface area contributed by atoms with Crippen molar-refractivity contribution in [3.63, 3.8) is 0 Å². The third-order valence-corrected chi connectivity index (χ3v) is 4.98. The number of hydrogen-bond acceptors (Lipinski definition) is 5. The van der Waals surface area contributed by atoms with Crippen LogP contribution in [0.1, 0.15) is 23.5 Å². The van der Waals surface area contributed by atoms with Gasteiger partial charge in [-0.25, -0.2) is 4.98 Å². The SMILES string of the molecule is COc1ccc(C2CN(Cc3nccs3)CCN2C(C)=O)cc1. The van der Waals surface area contributed by atoms with Crippen LogP contribution in [0.25, 0.3) is 0 Å². The molecule has 1 unspecified atom stereocenters. The number of aromatic nitrogens is 1. The highest BCUT2D eigenvalue weighted by molar-refractivity contribution is 7.09. The van der Waals surface area contributed by atoms with E-state index >= 15 is 0 Å². The number of piperazine rings is 1. The van der Waals surface area contributed by atoms with Crippen molar-refractivity contribution >= 4 is 17.2 Å². The molecule has 1 atom stereocenters. The summed E-state index contributed by atoms with van der Waals surface area (Å²) in [6.45, 7) is 4.94. The van der Waals surface area contributed by atoms with Gasteiger partial charge in [0.15, 0.2) is 0 Å². The fraction of sp³-hybridized carbons (Fsp3) is 0.412. The predicted molar refractivity (Wildman–Crippen MR) is 90.5 cm³/mol. The highest BCUT2D eigenvalue weighted by Gasteiger charge is 2.30. The Morgan fingerprint density at radius 1 is 1.35 bits per heavy atom. The average molecular weight is 331 g/mol. The Balaban J connectivity index is 1.78. The first kappa shape index (κ1) is 16.0. The van der Waals surface area contributed by atoms with E-state index in [4.69, 9.17) is 4.74 Å². The molecule has 1 saturated heterocycles. The van der Waals surface area contributed by atoms with Gasteiger partial charge in [0.1, 0.15) is 10.8 Å². The van der Waals surface area contributed by atoms with Gasteiger partial charge in [0.05, 0.1) is 19.7 Å². The van der Waals surface area contributed by atoms with Gasteiger partial charge < -0.3 is 9.64 Å². The van der Waals surface area contributed by atoms with Crippen LogP contribution in [-0.2, 0) is 11.3 Å². The van der Waals surface area contributed by atoms with E-state index in [9.17, 15) is 4.79 Å². The van der Waals surface area contributed by atoms with Crippen LogP contribution in [0.3, 0.4) is 0 Å². The average Bonchev–Trinajstić information content (AvgIpc) is 3.07. The predicted octanol–water partition coefficient (Wildman–Crippen LogP) is 2.56. The maximum atomic E-state index is 12.0. The molecular formula is C17H21N3O2S. The molecule has 1 aromatic carbocycles. The van der Waals surface area contributed by atoms with Crippen LogP contribution in [0.2, 0.25) is 0 Å². The number of carbonyl (C=O) groups excluding carboxylic acids is 1. The lowest BCUT2D eigenvalue weighted by molar-refractivity contribution is -0.134. The van der Waals surface area contributed by atoms with Crippen molar-refractivity contribution in [1.29, 1.82) is 0 Å². The third kappa shape index (κ3) is 3.71. The summed E-state index contributed by atoms with van der Waals surface area (Å²) in [6.07, 6.45) is 1.84. The van der Waals surface area contributed by atoms with E-state index in [2.05, 4.69) is 9.88 Å². The lowest BCUT2D eigenvalue weighted by Crippen LogP contribution is -2.49. The number of benzene rings is 1. The molecule has 6 heteroatoms. The second-order valence-electron chi connectivity index (χ2n) is 5.66. The molecule has 1 aromatic heterocycles. The van der Waals surface area contributed by atoms with Crippen LogP contribution in [0.15, 0.2) is 35.8 Å². The first-order valence-electron chi connectivity index (χ1n) is 7.69. The number of ether oxygens (including phenoxy) is 1. The van der Waals surface area contributed by atoms with Gasteiger partial charge >= 0.3 is 0 Å². The first-order chi connectivity index (χ1) is 11.2. The second-order valence-corrected chi connectivity index (χ2v) is 6.64. The molecule has 5 nitrogen and oxygen atoms in total. The summed E-state index contributed by atoms with van der Waals surface area (Å²) in [5.41, 5.74) is 1.14. The Kier molecular flexibility index (Phi) is 4.93. The van der Waals surface area contributed by atoms with Gasteiger partial charge in [0.25, 0.3) is 0 Å². The molecule has 2 aromatic rings. The number of rotatable bonds is 4. The molecule has 122 valence electrons. The smallest absolute Gasteiger partial charge is 0.220 e. The van der Waals surface area contributed by atoms with E-state index in [0.717, 1.165) is 42.5 Å². The minimum Gasteiger partial charge on any atom is -0.497 e. The number of thiazole rings is 1. The molecule has 2 heterocycles. The maximum absolute atomic E-state index is 12.0. The maximum Gasteiger partial charge on any atom is 0.220 e. The molecule has 23 heavy (non-hydrogen) atoms. The van der Waals surface area contributed by atoms with E-state index in [0.29, 0.717) is 0 Å². The Labute approximate surface area is 140 Å². The zero-order valence-corrected chi connectivity index (χ0v) is 14.3. The van der Waals surface area contributed by atoms with Crippen molar-refractivity contribution in [3.8, 4) is 5.75 Å². The van der Waals surface area contributed by atoms with Gasteiger partial charge in [-0.15, -0.1) is 11.3 Å². The fourth-order valence-electron chi connectivity index (χ4n) is 2.99. The van der Waals surface area contributed by atoms with Gasteiger partial charge in [0.2, 0.25) is 5.91 Å². The summed E-state index contributed by atoms with van der Waals surface area (Å²) in [7, 11) is 1.66. The summed E-state index contributed by atoms with van der Waals surface area (Å²) >= 11 is 1.68. The van der Waals surface area contributed by atoms with Gasteiger partial charge in [-0.1, -0.05) is 12.1 Å². The molecule has 1 aliphatic rings. The van der Waals surface area contributed by atoms with Crippen molar-refractivity contribution in [2.75, 3.05) is 26.7 Å². The fourth-order valence-corrected chi connectivity index (χ4v) is 3.65. The van der Waals surface area contributed by atoms with Crippen molar-refractivity contribution in [2.45, 2.75) is 19.5 Å². The molecule has 3 rings (SSSR count). The third-order valence-electron chi connectivity index (χ3n) is 4.21. The topological polar surface area (TPSA) is 45.7 Å². The van der Waals surface area contributed by atoms with Crippen molar-refractivity contribution in [3.05, 3.63) is 46.4 Å². The lowest BCUT2D eigenvalue weighted by Gasteiger charge is -2.41. The number of hydrogen-bond donors (Lipinski definition) is 0. The molecule has 1 amide bonds. The molecule has 0 N–H and O–H groups in total. The van der Waals surface area contributed by atoms with E-state index in [-0.39, 0.29) is 11.9 Å². The highest BCUT2D eigenvalue weighted by Crippen LogP contribution is 2.28. The zero-order chi connectivity index (χ0) is 16.2. The van der Waals surface area contributed by atoms with Crippen molar-refractivity contribution in [2.24, 2.45) is 0 Å². The quantitative estimate of drug-likeness (QED) is 0.864. The normalized spacial score (nSPS) is 18.9. The first-order valence-corrected chi connectivity index (χ1v) is 8.57. The molecule has 1 fully saturated rings. The zero-order valence-electron chi connectivity index (χ0n) is 13.4. The van der Waals surface area contributed by atoms with Crippen LogP contribution in [0, 0.1) is 0 Å². The molecular weight excluding hydrogens is 310 g/mol. The molecule has 0 radical (unpaired) electrons. The van der Waals surface area contributed by atoms with E-state index in [1.54, 1.807) is 25.4 Å². The Bertz CT molecular complexity index is 642. The Morgan fingerprint density at radius 3 is 2.74 bits per heavy atom. The van der Waals surface area contributed by atoms with E-state index in [1.165, 1.54) is 0 Å². The summed E-state index contributed by atoms with van der Waals surface area (Å²) < 4.78 is 5.22.